The zero-order chi connectivity index (χ0) is 37.1. The van der Waals surface area contributed by atoms with E-state index in [2.05, 4.69) is 47.4 Å². The molecule has 1 aliphatic rings. The molecule has 0 saturated carbocycles. The van der Waals surface area contributed by atoms with Crippen LogP contribution in [0.4, 0.5) is 4.79 Å². The Bertz CT molecular complexity index is 1300. The zero-order valence-electron chi connectivity index (χ0n) is 32.2. The Morgan fingerprint density at radius 3 is 2.04 bits per heavy atom. The van der Waals surface area contributed by atoms with E-state index in [1.807, 2.05) is 73.7 Å². The smallest absolute Gasteiger partial charge is 0.470 e. The number of carbonyl (C=O) groups is 1. The number of hydrogen-bond acceptors (Lipinski definition) is 8. The monoisotopic (exact) mass is 721 g/mol. The van der Waals surface area contributed by atoms with E-state index in [0.717, 1.165) is 36.1 Å². The number of nitrogens with zero attached hydrogens (tertiary/aromatic N) is 1. The van der Waals surface area contributed by atoms with E-state index in [1.54, 1.807) is 6.26 Å². The number of benzene rings is 2. The fourth-order valence-corrected chi connectivity index (χ4v) is 6.67. The quantitative estimate of drug-likeness (QED) is 0.0317. The number of ether oxygens (including phenoxy) is 5. The lowest BCUT2D eigenvalue weighted by Gasteiger charge is -2.45. The van der Waals surface area contributed by atoms with Gasteiger partial charge in [0.25, 0.3) is 0 Å². The molecule has 0 N–H and O–H groups in total. The van der Waals surface area contributed by atoms with Crippen LogP contribution in [-0.2, 0) is 28.1 Å². The van der Waals surface area contributed by atoms with Gasteiger partial charge in [-0.05, 0) is 31.5 Å². The maximum absolute atomic E-state index is 13.2. The molecule has 9 heteroatoms. The molecule has 1 fully saturated rings. The van der Waals surface area contributed by atoms with Crippen LogP contribution in [0.2, 0.25) is 18.1 Å². The maximum atomic E-state index is 13.2. The van der Waals surface area contributed by atoms with Gasteiger partial charge in [-0.3, -0.25) is 4.99 Å². The highest BCUT2D eigenvalue weighted by Crippen LogP contribution is 2.38. The van der Waals surface area contributed by atoms with Crippen LogP contribution in [-0.4, -0.2) is 70.6 Å². The second-order valence-electron chi connectivity index (χ2n) is 14.7. The van der Waals surface area contributed by atoms with Gasteiger partial charge in [-0.1, -0.05) is 152 Å². The van der Waals surface area contributed by atoms with Crippen molar-refractivity contribution in [3.8, 4) is 0 Å². The molecular weight excluding hydrogens is 659 g/mol. The van der Waals surface area contributed by atoms with Gasteiger partial charge in [-0.2, -0.15) is 0 Å². The van der Waals surface area contributed by atoms with E-state index in [-0.39, 0.29) is 18.3 Å². The lowest BCUT2D eigenvalue weighted by atomic mass is 9.95. The van der Waals surface area contributed by atoms with Crippen molar-refractivity contribution in [2.24, 2.45) is 4.99 Å². The Labute approximate surface area is 308 Å². The average molecular weight is 722 g/mol. The SMILES string of the molecule is C=CCOC(=O)O[C@H]1[C@H](OCCCCCCCCCC)[C@@H](N=C(c2ccccc2)c2ccccc2)[C@@H](O/C=C\C)O[C@@H]1CO[Si](C)(C)C(C)(C)C. The van der Waals surface area contributed by atoms with Crippen molar-refractivity contribution >= 4 is 20.2 Å². The number of carbonyl (C=O) groups excluding carboxylic acids is 1. The molecule has 282 valence electrons. The molecule has 0 aromatic heterocycles. The molecule has 0 radical (unpaired) electrons. The molecule has 1 saturated heterocycles. The third kappa shape index (κ3) is 13.7. The molecule has 0 amide bonds. The van der Waals surface area contributed by atoms with Crippen LogP contribution >= 0.6 is 0 Å². The minimum atomic E-state index is -2.22. The first-order valence-electron chi connectivity index (χ1n) is 18.8. The lowest BCUT2D eigenvalue weighted by molar-refractivity contribution is -0.259. The summed E-state index contributed by atoms with van der Waals surface area (Å²) >= 11 is 0. The van der Waals surface area contributed by atoms with Crippen molar-refractivity contribution in [3.63, 3.8) is 0 Å². The number of aliphatic imine (C=N–C) groups is 1. The summed E-state index contributed by atoms with van der Waals surface area (Å²) in [5.74, 6) is 0. The Kier molecular flexibility index (Phi) is 18.2. The summed E-state index contributed by atoms with van der Waals surface area (Å²) in [6, 6.07) is 19.3. The summed E-state index contributed by atoms with van der Waals surface area (Å²) in [4.78, 5) is 18.5. The third-order valence-electron chi connectivity index (χ3n) is 9.61. The highest BCUT2D eigenvalue weighted by atomic mass is 28.4. The molecule has 0 aliphatic carbocycles. The predicted octanol–water partition coefficient (Wildman–Crippen LogP) is 10.4. The highest BCUT2D eigenvalue weighted by molar-refractivity contribution is 6.74. The molecule has 0 spiro atoms. The van der Waals surface area contributed by atoms with E-state index < -0.39 is 45.1 Å². The predicted molar refractivity (Wildman–Crippen MR) is 209 cm³/mol. The van der Waals surface area contributed by atoms with Crippen molar-refractivity contribution in [2.45, 2.75) is 135 Å². The van der Waals surface area contributed by atoms with Gasteiger partial charge in [0.2, 0.25) is 6.29 Å². The lowest BCUT2D eigenvalue weighted by Crippen LogP contribution is -2.61. The fourth-order valence-electron chi connectivity index (χ4n) is 5.66. The van der Waals surface area contributed by atoms with E-state index >= 15 is 0 Å². The van der Waals surface area contributed by atoms with Gasteiger partial charge < -0.3 is 28.1 Å². The average Bonchev–Trinajstić information content (AvgIpc) is 3.12. The highest BCUT2D eigenvalue weighted by Gasteiger charge is 2.51. The molecule has 3 rings (SSSR count). The minimum absolute atomic E-state index is 0.0160. The first kappa shape index (κ1) is 42.2. The van der Waals surface area contributed by atoms with Crippen molar-refractivity contribution in [1.29, 1.82) is 0 Å². The number of rotatable bonds is 21. The topological polar surface area (TPSA) is 84.8 Å². The first-order chi connectivity index (χ1) is 24.5. The van der Waals surface area contributed by atoms with E-state index in [4.69, 9.17) is 33.1 Å². The van der Waals surface area contributed by atoms with Crippen LogP contribution in [0.25, 0.3) is 0 Å². The van der Waals surface area contributed by atoms with E-state index in [0.29, 0.717) is 6.61 Å². The van der Waals surface area contributed by atoms with Crippen LogP contribution in [0.3, 0.4) is 0 Å². The molecule has 2 aromatic carbocycles. The summed E-state index contributed by atoms with van der Waals surface area (Å²) in [5, 5.41) is -0.0404. The molecule has 0 bridgehead atoms. The summed E-state index contributed by atoms with van der Waals surface area (Å²) < 4.78 is 37.9. The van der Waals surface area contributed by atoms with Gasteiger partial charge in [0.15, 0.2) is 14.4 Å². The fraction of sp³-hybridized carbons (Fsp3) is 0.571. The number of hydrogen-bond donors (Lipinski definition) is 0. The molecular formula is C42H63NO7Si. The van der Waals surface area contributed by atoms with Crippen molar-refractivity contribution in [1.82, 2.24) is 0 Å². The molecule has 5 atom stereocenters. The van der Waals surface area contributed by atoms with E-state index in [1.165, 1.54) is 38.2 Å². The Morgan fingerprint density at radius 2 is 1.49 bits per heavy atom. The second kappa shape index (κ2) is 22.0. The van der Waals surface area contributed by atoms with Crippen molar-refractivity contribution in [3.05, 3.63) is 96.8 Å². The Balaban J connectivity index is 2.07. The van der Waals surface area contributed by atoms with E-state index in [9.17, 15) is 4.79 Å². The molecule has 8 nitrogen and oxygen atoms in total. The maximum Gasteiger partial charge on any atom is 0.509 e. The Hall–Kier alpha value is -3.24. The van der Waals surface area contributed by atoms with Crippen molar-refractivity contribution < 1.29 is 32.9 Å². The van der Waals surface area contributed by atoms with Crippen LogP contribution in [0.1, 0.15) is 97.1 Å². The van der Waals surface area contributed by atoms with Gasteiger partial charge >= 0.3 is 6.16 Å². The standard InChI is InChI=1S/C42H63NO7Si/c1-9-12-13-14-15-16-17-24-31-45-39-37(43-36(33-25-20-18-21-26-33)34-27-22-19-23-28-34)40(46-29-10-2)49-35(32-48-51(7,8)42(4,5)6)38(39)50-41(44)47-30-11-3/h10-11,18-23,25-29,35,37-40H,3,9,12-17,24,30-32H2,1-2,4-8H3/b29-10-/t35-,37-,38-,39-,40+/m1/s1. The summed E-state index contributed by atoms with van der Waals surface area (Å²) in [5.41, 5.74) is 2.62. The minimum Gasteiger partial charge on any atom is -0.470 e. The van der Waals surface area contributed by atoms with Gasteiger partial charge in [0.1, 0.15) is 24.9 Å². The molecule has 1 heterocycles. The van der Waals surface area contributed by atoms with Crippen LogP contribution in [0.15, 0.2) is 90.6 Å². The van der Waals surface area contributed by atoms with Crippen LogP contribution < -0.4 is 0 Å². The number of allylic oxidation sites excluding steroid dienone is 1. The summed E-state index contributed by atoms with van der Waals surface area (Å²) in [6.07, 6.45) is 10.3. The largest absolute Gasteiger partial charge is 0.509 e. The van der Waals surface area contributed by atoms with Gasteiger partial charge in [0, 0.05) is 17.7 Å². The summed E-state index contributed by atoms with van der Waals surface area (Å²) in [6.45, 7) is 19.4. The van der Waals surface area contributed by atoms with Gasteiger partial charge in [-0.15, -0.1) is 0 Å². The second-order valence-corrected chi connectivity index (χ2v) is 19.5. The number of unbranched alkanes of at least 4 members (excludes halogenated alkanes) is 7. The van der Waals surface area contributed by atoms with Gasteiger partial charge in [-0.25, -0.2) is 4.79 Å². The summed E-state index contributed by atoms with van der Waals surface area (Å²) in [7, 11) is -2.22. The first-order valence-corrected chi connectivity index (χ1v) is 21.7. The van der Waals surface area contributed by atoms with Crippen LogP contribution in [0, 0.1) is 0 Å². The third-order valence-corrected chi connectivity index (χ3v) is 14.1. The molecule has 0 unspecified atom stereocenters. The zero-order valence-corrected chi connectivity index (χ0v) is 33.2. The van der Waals surface area contributed by atoms with Crippen molar-refractivity contribution in [2.75, 3.05) is 19.8 Å². The molecule has 51 heavy (non-hydrogen) atoms. The van der Waals surface area contributed by atoms with Crippen LogP contribution in [0.5, 0.6) is 0 Å². The van der Waals surface area contributed by atoms with Gasteiger partial charge in [0.05, 0.1) is 18.6 Å². The normalized spacial score (nSPS) is 20.9. The molecule has 1 aliphatic heterocycles. The molecule has 2 aromatic rings. The Morgan fingerprint density at radius 1 is 0.902 bits per heavy atom.